The molecule has 1 rings (SSSR count). The zero-order chi connectivity index (χ0) is 12.1. The highest BCUT2D eigenvalue weighted by Crippen LogP contribution is 2.25. The molecule has 0 radical (unpaired) electrons. The summed E-state index contributed by atoms with van der Waals surface area (Å²) in [6.07, 6.45) is 0. The van der Waals surface area contributed by atoms with Crippen LogP contribution < -0.4 is 5.48 Å². The van der Waals surface area contributed by atoms with Crippen molar-refractivity contribution in [2.75, 3.05) is 14.2 Å². The lowest BCUT2D eigenvalue weighted by atomic mass is 10.1. The fourth-order valence-electron chi connectivity index (χ4n) is 1.24. The van der Waals surface area contributed by atoms with Crippen molar-refractivity contribution in [3.63, 3.8) is 0 Å². The number of nitrogens with one attached hydrogen (secondary N) is 1. The molecule has 1 aromatic rings. The van der Waals surface area contributed by atoms with Gasteiger partial charge in [0, 0.05) is 29.8 Å². The van der Waals surface area contributed by atoms with Gasteiger partial charge in [0.1, 0.15) is 0 Å². The summed E-state index contributed by atoms with van der Waals surface area (Å²) in [6.45, 7) is -0.0359. The Labute approximate surface area is 97.3 Å². The van der Waals surface area contributed by atoms with Crippen molar-refractivity contribution in [3.05, 3.63) is 33.9 Å². The quantitative estimate of drug-likeness (QED) is 0.644. The van der Waals surface area contributed by atoms with Gasteiger partial charge in [-0.25, -0.2) is 8.78 Å². The van der Waals surface area contributed by atoms with E-state index in [1.165, 1.54) is 20.3 Å². The Morgan fingerprint density at radius 3 is 2.56 bits per heavy atom. The molecule has 0 aliphatic heterocycles. The maximum absolute atomic E-state index is 13.5. The van der Waals surface area contributed by atoms with Crippen LogP contribution in [0.3, 0.4) is 0 Å². The van der Waals surface area contributed by atoms with E-state index in [4.69, 9.17) is 16.3 Å². The van der Waals surface area contributed by atoms with Crippen LogP contribution in [0.5, 0.6) is 0 Å². The molecule has 3 nitrogen and oxygen atoms in total. The first-order valence-corrected chi connectivity index (χ1v) is 4.89. The monoisotopic (exact) mass is 251 g/mol. The zero-order valence-electron chi connectivity index (χ0n) is 8.94. The predicted octanol–water partition coefficient (Wildman–Crippen LogP) is 2.42. The molecule has 90 valence electrons. The minimum Gasteiger partial charge on any atom is -0.380 e. The normalized spacial score (nSPS) is 10.8. The van der Waals surface area contributed by atoms with E-state index in [2.05, 4.69) is 10.3 Å². The fourth-order valence-corrected chi connectivity index (χ4v) is 1.51. The topological polar surface area (TPSA) is 30.5 Å². The Morgan fingerprint density at radius 1 is 1.31 bits per heavy atom. The third-order valence-corrected chi connectivity index (χ3v) is 2.36. The predicted molar refractivity (Wildman–Crippen MR) is 55.9 cm³/mol. The van der Waals surface area contributed by atoms with Crippen molar-refractivity contribution in [3.8, 4) is 0 Å². The maximum atomic E-state index is 13.5. The number of benzene rings is 1. The Morgan fingerprint density at radius 2 is 2.00 bits per heavy atom. The minimum atomic E-state index is -0.984. The van der Waals surface area contributed by atoms with Gasteiger partial charge in [-0.15, -0.1) is 0 Å². The van der Waals surface area contributed by atoms with Crippen LogP contribution in [0.4, 0.5) is 8.78 Å². The van der Waals surface area contributed by atoms with Gasteiger partial charge in [0.15, 0.2) is 11.6 Å². The summed E-state index contributed by atoms with van der Waals surface area (Å²) in [4.78, 5) is 4.55. The Hall–Kier alpha value is -0.750. The van der Waals surface area contributed by atoms with Crippen LogP contribution in [0.25, 0.3) is 0 Å². The summed E-state index contributed by atoms with van der Waals surface area (Å²) in [6, 6.07) is 1.35. The van der Waals surface area contributed by atoms with Crippen molar-refractivity contribution < 1.29 is 18.4 Å². The lowest BCUT2D eigenvalue weighted by Gasteiger charge is -2.10. The third-order valence-electron chi connectivity index (χ3n) is 2.02. The number of methoxy groups -OCH3 is 1. The molecule has 0 aliphatic rings. The van der Waals surface area contributed by atoms with Crippen molar-refractivity contribution in [1.82, 2.24) is 5.48 Å². The lowest BCUT2D eigenvalue weighted by molar-refractivity contribution is 0.0857. The standard InChI is InChI=1S/C10H12ClF2NO2/c1-15-5-7-8(11)3-6(4-14-16-2)9(12)10(7)13/h3,14H,4-5H2,1-2H3. The average molecular weight is 252 g/mol. The molecule has 0 saturated heterocycles. The van der Waals surface area contributed by atoms with Crippen LogP contribution in [-0.4, -0.2) is 14.2 Å². The van der Waals surface area contributed by atoms with Crippen molar-refractivity contribution in [2.24, 2.45) is 0 Å². The number of hydrogen-bond donors (Lipinski definition) is 1. The second-order valence-corrected chi connectivity index (χ2v) is 3.49. The number of hydroxylamine groups is 1. The van der Waals surface area contributed by atoms with Crippen LogP contribution in [0.2, 0.25) is 5.02 Å². The van der Waals surface area contributed by atoms with E-state index in [1.54, 1.807) is 0 Å². The molecule has 16 heavy (non-hydrogen) atoms. The molecule has 1 N–H and O–H groups in total. The van der Waals surface area contributed by atoms with Gasteiger partial charge >= 0.3 is 0 Å². The molecule has 0 unspecified atom stereocenters. The number of rotatable bonds is 5. The maximum Gasteiger partial charge on any atom is 0.166 e. The highest BCUT2D eigenvalue weighted by Gasteiger charge is 2.17. The van der Waals surface area contributed by atoms with Crippen LogP contribution in [0, 0.1) is 11.6 Å². The van der Waals surface area contributed by atoms with Crippen molar-refractivity contribution >= 4 is 11.6 Å². The van der Waals surface area contributed by atoms with Crippen LogP contribution in [0.15, 0.2) is 6.07 Å². The Bertz CT molecular complexity index is 374. The summed E-state index contributed by atoms with van der Waals surface area (Å²) in [5, 5.41) is 0.133. The molecular weight excluding hydrogens is 240 g/mol. The van der Waals surface area contributed by atoms with E-state index in [1.807, 2.05) is 0 Å². The van der Waals surface area contributed by atoms with Crippen molar-refractivity contribution in [2.45, 2.75) is 13.2 Å². The Kier molecular flexibility index (Phi) is 5.08. The minimum absolute atomic E-state index is 0.0165. The number of hydrogen-bond acceptors (Lipinski definition) is 3. The molecular formula is C10H12ClF2NO2. The highest BCUT2D eigenvalue weighted by atomic mass is 35.5. The van der Waals surface area contributed by atoms with Gasteiger partial charge < -0.3 is 9.57 Å². The molecule has 0 amide bonds. The van der Waals surface area contributed by atoms with Gasteiger partial charge in [-0.1, -0.05) is 11.6 Å². The van der Waals surface area contributed by atoms with E-state index in [9.17, 15) is 8.78 Å². The summed E-state index contributed by atoms with van der Waals surface area (Å²) in [7, 11) is 2.77. The summed E-state index contributed by atoms with van der Waals surface area (Å²) < 4.78 is 31.8. The van der Waals surface area contributed by atoms with E-state index in [0.29, 0.717) is 0 Å². The molecule has 0 atom stereocenters. The summed E-state index contributed by atoms with van der Waals surface area (Å²) >= 11 is 5.81. The first kappa shape index (κ1) is 13.3. The fraction of sp³-hybridized carbons (Fsp3) is 0.400. The number of ether oxygens (including phenoxy) is 1. The lowest BCUT2D eigenvalue weighted by Crippen LogP contribution is -2.13. The Balaban J connectivity index is 3.06. The summed E-state index contributed by atoms with van der Waals surface area (Å²) in [5.74, 6) is -1.93. The molecule has 0 fully saturated rings. The zero-order valence-corrected chi connectivity index (χ0v) is 9.70. The largest absolute Gasteiger partial charge is 0.380 e. The molecule has 0 aromatic heterocycles. The molecule has 0 aliphatic carbocycles. The van der Waals surface area contributed by atoms with E-state index in [-0.39, 0.29) is 29.3 Å². The van der Waals surface area contributed by atoms with Gasteiger partial charge in [-0.3, -0.25) is 0 Å². The van der Waals surface area contributed by atoms with Crippen LogP contribution in [-0.2, 0) is 22.7 Å². The first-order valence-electron chi connectivity index (χ1n) is 4.51. The van der Waals surface area contributed by atoms with Gasteiger partial charge in [0.2, 0.25) is 0 Å². The number of halogens is 3. The van der Waals surface area contributed by atoms with Crippen LogP contribution >= 0.6 is 11.6 Å². The highest BCUT2D eigenvalue weighted by molar-refractivity contribution is 6.31. The molecule has 0 bridgehead atoms. The molecule has 1 aromatic carbocycles. The smallest absolute Gasteiger partial charge is 0.166 e. The van der Waals surface area contributed by atoms with Gasteiger partial charge in [0.05, 0.1) is 13.7 Å². The first-order chi connectivity index (χ1) is 7.61. The summed E-state index contributed by atoms with van der Waals surface area (Å²) in [5.41, 5.74) is 2.53. The van der Waals surface area contributed by atoms with Gasteiger partial charge in [-0.2, -0.15) is 5.48 Å². The van der Waals surface area contributed by atoms with Gasteiger partial charge in [0.25, 0.3) is 0 Å². The second-order valence-electron chi connectivity index (χ2n) is 3.08. The van der Waals surface area contributed by atoms with E-state index >= 15 is 0 Å². The van der Waals surface area contributed by atoms with Crippen molar-refractivity contribution in [1.29, 1.82) is 0 Å². The SMILES string of the molecule is COCc1c(Cl)cc(CNOC)c(F)c1F. The average Bonchev–Trinajstić information content (AvgIpc) is 2.27. The third kappa shape index (κ3) is 2.89. The van der Waals surface area contributed by atoms with E-state index in [0.717, 1.165) is 0 Å². The molecule has 0 saturated carbocycles. The van der Waals surface area contributed by atoms with Gasteiger partial charge in [-0.05, 0) is 6.07 Å². The van der Waals surface area contributed by atoms with E-state index < -0.39 is 11.6 Å². The molecule has 0 heterocycles. The molecule has 6 heteroatoms. The second kappa shape index (κ2) is 6.10. The molecule has 0 spiro atoms. The van der Waals surface area contributed by atoms with Crippen LogP contribution in [0.1, 0.15) is 11.1 Å².